The van der Waals surface area contributed by atoms with Crippen molar-refractivity contribution < 1.29 is 14.3 Å². The summed E-state index contributed by atoms with van der Waals surface area (Å²) in [5.74, 6) is -0.427. The average Bonchev–Trinajstić information content (AvgIpc) is 1.96. The first kappa shape index (κ1) is 15.4. The van der Waals surface area contributed by atoms with Crippen LogP contribution in [0.25, 0.3) is 0 Å². The quantitative estimate of drug-likeness (QED) is 0.753. The molecule has 0 aromatic carbocycles. The first-order chi connectivity index (χ1) is 6.92. The molecule has 0 spiro atoms. The van der Waals surface area contributed by atoms with E-state index in [9.17, 15) is 4.79 Å². The zero-order chi connectivity index (χ0) is 13.1. The average molecular weight is 231 g/mol. The van der Waals surface area contributed by atoms with Gasteiger partial charge in [0.05, 0.1) is 11.7 Å². The van der Waals surface area contributed by atoms with Crippen molar-refractivity contribution >= 4 is 5.97 Å². The number of ether oxygens (including phenoxy) is 2. The van der Waals surface area contributed by atoms with E-state index in [-0.39, 0.29) is 11.7 Å². The van der Waals surface area contributed by atoms with E-state index >= 15 is 0 Å². The van der Waals surface area contributed by atoms with Gasteiger partial charge >= 0.3 is 5.97 Å². The number of carbonyl (C=O) groups excluding carboxylic acids is 1. The van der Waals surface area contributed by atoms with Crippen molar-refractivity contribution in [1.29, 1.82) is 0 Å². The van der Waals surface area contributed by atoms with Gasteiger partial charge in [0.25, 0.3) is 0 Å². The van der Waals surface area contributed by atoms with E-state index in [1.807, 2.05) is 41.5 Å². The second-order valence-corrected chi connectivity index (χ2v) is 5.99. The van der Waals surface area contributed by atoms with Gasteiger partial charge in [0.15, 0.2) is 0 Å². The van der Waals surface area contributed by atoms with Crippen molar-refractivity contribution in [3.05, 3.63) is 0 Å². The molecule has 0 aromatic rings. The van der Waals surface area contributed by atoms with Gasteiger partial charge in [-0.3, -0.25) is 4.79 Å². The van der Waals surface area contributed by atoms with E-state index in [1.165, 1.54) is 0 Å². The van der Waals surface area contributed by atoms with E-state index < -0.39 is 17.6 Å². The first-order valence-corrected chi connectivity index (χ1v) is 5.58. The van der Waals surface area contributed by atoms with Crippen LogP contribution in [-0.4, -0.2) is 29.3 Å². The molecule has 0 aliphatic carbocycles. The van der Waals surface area contributed by atoms with Crippen LogP contribution in [0.1, 0.15) is 48.5 Å². The van der Waals surface area contributed by atoms with E-state index in [4.69, 9.17) is 15.2 Å². The molecule has 0 heterocycles. The summed E-state index contributed by atoms with van der Waals surface area (Å²) in [7, 11) is 0. The molecule has 4 nitrogen and oxygen atoms in total. The SMILES string of the molecule is C[C@@H](OC(C)(C)C)C(N)C(=O)OC(C)(C)C. The van der Waals surface area contributed by atoms with Gasteiger partial charge in [-0.1, -0.05) is 0 Å². The Hall–Kier alpha value is -0.610. The number of hydrogen-bond donors (Lipinski definition) is 1. The molecule has 4 heteroatoms. The van der Waals surface area contributed by atoms with Crippen molar-refractivity contribution in [2.24, 2.45) is 5.73 Å². The summed E-state index contributed by atoms with van der Waals surface area (Å²) in [6, 6.07) is -0.751. The summed E-state index contributed by atoms with van der Waals surface area (Å²) < 4.78 is 10.8. The lowest BCUT2D eigenvalue weighted by molar-refractivity contribution is -0.162. The Morgan fingerprint density at radius 3 is 1.81 bits per heavy atom. The highest BCUT2D eigenvalue weighted by Crippen LogP contribution is 2.15. The lowest BCUT2D eigenvalue weighted by Gasteiger charge is -2.29. The summed E-state index contributed by atoms with van der Waals surface area (Å²) in [5.41, 5.74) is 4.94. The molecule has 16 heavy (non-hydrogen) atoms. The van der Waals surface area contributed by atoms with Gasteiger partial charge < -0.3 is 15.2 Å². The Kier molecular flexibility index (Phi) is 4.95. The van der Waals surface area contributed by atoms with Crippen molar-refractivity contribution in [2.45, 2.75) is 71.8 Å². The molecule has 0 saturated heterocycles. The molecule has 0 amide bonds. The van der Waals surface area contributed by atoms with Crippen molar-refractivity contribution in [3.63, 3.8) is 0 Å². The fourth-order valence-corrected chi connectivity index (χ4v) is 1.19. The van der Waals surface area contributed by atoms with Crippen molar-refractivity contribution in [1.82, 2.24) is 0 Å². The molecule has 1 unspecified atom stereocenters. The summed E-state index contributed by atoms with van der Waals surface area (Å²) in [6.45, 7) is 13.0. The van der Waals surface area contributed by atoms with Crippen molar-refractivity contribution in [2.75, 3.05) is 0 Å². The van der Waals surface area contributed by atoms with Gasteiger partial charge in [0.1, 0.15) is 11.6 Å². The van der Waals surface area contributed by atoms with Crippen LogP contribution < -0.4 is 5.73 Å². The third kappa shape index (κ3) is 6.80. The minimum absolute atomic E-state index is 0.320. The summed E-state index contributed by atoms with van der Waals surface area (Å²) in [5, 5.41) is 0. The summed E-state index contributed by atoms with van der Waals surface area (Å²) in [4.78, 5) is 11.7. The number of carbonyl (C=O) groups is 1. The Morgan fingerprint density at radius 2 is 1.50 bits per heavy atom. The van der Waals surface area contributed by atoms with Gasteiger partial charge in [0, 0.05) is 0 Å². The van der Waals surface area contributed by atoms with Gasteiger partial charge in [-0.2, -0.15) is 0 Å². The summed E-state index contributed by atoms with van der Waals surface area (Å²) in [6.07, 6.45) is -0.366. The fourth-order valence-electron chi connectivity index (χ4n) is 1.19. The fraction of sp³-hybridized carbons (Fsp3) is 0.917. The molecule has 0 saturated carbocycles. The number of rotatable bonds is 3. The molecular formula is C12H25NO3. The largest absolute Gasteiger partial charge is 0.459 e. The Bertz CT molecular complexity index is 238. The van der Waals surface area contributed by atoms with E-state index in [0.717, 1.165) is 0 Å². The number of hydrogen-bond acceptors (Lipinski definition) is 4. The minimum Gasteiger partial charge on any atom is -0.459 e. The van der Waals surface area contributed by atoms with Gasteiger partial charge in [-0.15, -0.1) is 0 Å². The second kappa shape index (κ2) is 5.15. The molecule has 0 aromatic heterocycles. The number of nitrogens with two attached hydrogens (primary N) is 1. The third-order valence-electron chi connectivity index (χ3n) is 1.72. The molecule has 0 rings (SSSR count). The highest BCUT2D eigenvalue weighted by Gasteiger charge is 2.29. The molecule has 0 aliphatic rings. The van der Waals surface area contributed by atoms with Crippen LogP contribution in [-0.2, 0) is 14.3 Å². The van der Waals surface area contributed by atoms with Gasteiger partial charge in [0.2, 0.25) is 0 Å². The maximum Gasteiger partial charge on any atom is 0.326 e. The normalized spacial score (nSPS) is 16.8. The molecule has 0 bridgehead atoms. The highest BCUT2D eigenvalue weighted by molar-refractivity contribution is 5.76. The molecular weight excluding hydrogens is 206 g/mol. The lowest BCUT2D eigenvalue weighted by Crippen LogP contribution is -2.47. The predicted octanol–water partition coefficient (Wildman–Crippen LogP) is 1.86. The van der Waals surface area contributed by atoms with E-state index in [2.05, 4.69) is 0 Å². The molecule has 2 N–H and O–H groups in total. The lowest BCUT2D eigenvalue weighted by atomic mass is 10.1. The third-order valence-corrected chi connectivity index (χ3v) is 1.72. The summed E-state index contributed by atoms with van der Waals surface area (Å²) >= 11 is 0. The number of esters is 1. The predicted molar refractivity (Wildman–Crippen MR) is 64.1 cm³/mol. The van der Waals surface area contributed by atoms with Crippen LogP contribution in [0.3, 0.4) is 0 Å². The van der Waals surface area contributed by atoms with Gasteiger partial charge in [-0.25, -0.2) is 0 Å². The molecule has 2 atom stereocenters. The Balaban J connectivity index is 4.34. The van der Waals surface area contributed by atoms with Crippen LogP contribution in [0, 0.1) is 0 Å². The molecule has 0 radical (unpaired) electrons. The first-order valence-electron chi connectivity index (χ1n) is 5.58. The van der Waals surface area contributed by atoms with Gasteiger partial charge in [-0.05, 0) is 48.5 Å². The minimum atomic E-state index is -0.751. The monoisotopic (exact) mass is 231 g/mol. The van der Waals surface area contributed by atoms with Crippen LogP contribution in [0.4, 0.5) is 0 Å². The standard InChI is InChI=1S/C12H25NO3/c1-8(15-11(2,3)4)9(13)10(14)16-12(5,6)7/h8-9H,13H2,1-7H3/t8-,9?/m1/s1. The second-order valence-electron chi connectivity index (χ2n) is 5.99. The van der Waals surface area contributed by atoms with Crippen LogP contribution in [0.15, 0.2) is 0 Å². The smallest absolute Gasteiger partial charge is 0.326 e. The molecule has 0 fully saturated rings. The molecule has 0 aliphatic heterocycles. The van der Waals surface area contributed by atoms with E-state index in [1.54, 1.807) is 6.92 Å². The van der Waals surface area contributed by atoms with Crippen molar-refractivity contribution in [3.8, 4) is 0 Å². The Morgan fingerprint density at radius 1 is 1.06 bits per heavy atom. The zero-order valence-electron chi connectivity index (χ0n) is 11.5. The van der Waals surface area contributed by atoms with Crippen LogP contribution >= 0.6 is 0 Å². The van der Waals surface area contributed by atoms with Crippen LogP contribution in [0.2, 0.25) is 0 Å². The maximum atomic E-state index is 11.7. The molecule has 96 valence electrons. The zero-order valence-corrected chi connectivity index (χ0v) is 11.5. The van der Waals surface area contributed by atoms with E-state index in [0.29, 0.717) is 0 Å². The Labute approximate surface area is 98.5 Å². The topological polar surface area (TPSA) is 61.5 Å². The maximum absolute atomic E-state index is 11.7. The highest BCUT2D eigenvalue weighted by atomic mass is 16.6. The van der Waals surface area contributed by atoms with Crippen LogP contribution in [0.5, 0.6) is 0 Å².